The van der Waals surface area contributed by atoms with Gasteiger partial charge in [-0.3, -0.25) is 19.8 Å². The highest BCUT2D eigenvalue weighted by atomic mass is 32.1. The molecule has 0 radical (unpaired) electrons. The van der Waals surface area contributed by atoms with E-state index in [1.54, 1.807) is 24.3 Å². The number of nitrogens with one attached hydrogen (secondary N) is 1. The van der Waals surface area contributed by atoms with Gasteiger partial charge in [0, 0.05) is 22.3 Å². The molecule has 8 nitrogen and oxygen atoms in total. The highest BCUT2D eigenvalue weighted by molar-refractivity contribution is 7.15. The Morgan fingerprint density at radius 3 is 2.58 bits per heavy atom. The zero-order valence-corrected chi connectivity index (χ0v) is 21.8. The molecule has 3 aliphatic rings. The molecule has 1 aliphatic heterocycles. The molecule has 2 aromatic rings. The quantitative estimate of drug-likeness (QED) is 0.360. The monoisotopic (exact) mass is 509 g/mol. The summed E-state index contributed by atoms with van der Waals surface area (Å²) in [6, 6.07) is 1.10. The van der Waals surface area contributed by atoms with Crippen LogP contribution in [-0.2, 0) is 27.2 Å². The van der Waals surface area contributed by atoms with Gasteiger partial charge in [-0.1, -0.05) is 12.8 Å². The van der Waals surface area contributed by atoms with Gasteiger partial charge < -0.3 is 9.30 Å². The number of hydrogen-bond donors (Lipinski definition) is 1. The largest absolute Gasteiger partial charge is 0.462 e. The smallest absolute Gasteiger partial charge is 0.341 e. The fourth-order valence-corrected chi connectivity index (χ4v) is 7.18. The van der Waals surface area contributed by atoms with Crippen molar-refractivity contribution in [3.8, 4) is 5.00 Å². The summed E-state index contributed by atoms with van der Waals surface area (Å²) >= 11 is 1.62. The SMILES string of the molecule is CCOC(=O)c1c(-n2c(C)cc(/C=C3/C(=O)NC(=O)N(C4CCCC4)C3=O)c2C)sc2c1CCCC2. The van der Waals surface area contributed by atoms with Crippen molar-refractivity contribution in [3.05, 3.63) is 44.6 Å². The number of aryl methyl sites for hydroxylation is 2. The lowest BCUT2D eigenvalue weighted by Crippen LogP contribution is -2.57. The first-order valence-corrected chi connectivity index (χ1v) is 13.5. The fourth-order valence-electron chi connectivity index (χ4n) is 5.69. The van der Waals surface area contributed by atoms with Crippen LogP contribution in [0.15, 0.2) is 11.6 Å². The number of rotatable bonds is 5. The summed E-state index contributed by atoms with van der Waals surface area (Å²) in [5, 5.41) is 3.17. The molecular weight excluding hydrogens is 478 g/mol. The van der Waals surface area contributed by atoms with E-state index >= 15 is 0 Å². The van der Waals surface area contributed by atoms with E-state index in [2.05, 4.69) is 5.32 Å². The molecule has 1 N–H and O–H groups in total. The fraction of sp³-hybridized carbons (Fsp3) is 0.481. The molecule has 9 heteroatoms. The molecule has 2 aromatic heterocycles. The van der Waals surface area contributed by atoms with Gasteiger partial charge in [-0.15, -0.1) is 11.3 Å². The lowest BCUT2D eigenvalue weighted by atomic mass is 9.95. The second-order valence-electron chi connectivity index (χ2n) is 9.70. The summed E-state index contributed by atoms with van der Waals surface area (Å²) in [7, 11) is 0. The van der Waals surface area contributed by atoms with Gasteiger partial charge >= 0.3 is 12.0 Å². The third kappa shape index (κ3) is 4.09. The predicted octanol–water partition coefficient (Wildman–Crippen LogP) is 4.62. The molecule has 3 heterocycles. The highest BCUT2D eigenvalue weighted by Gasteiger charge is 2.41. The Morgan fingerprint density at radius 1 is 1.14 bits per heavy atom. The van der Waals surface area contributed by atoms with E-state index in [1.165, 1.54) is 9.78 Å². The summed E-state index contributed by atoms with van der Waals surface area (Å²) in [6.07, 6.45) is 8.96. The summed E-state index contributed by atoms with van der Waals surface area (Å²) in [5.41, 5.74) is 4.07. The Morgan fingerprint density at radius 2 is 1.86 bits per heavy atom. The maximum atomic E-state index is 13.3. The Balaban J connectivity index is 1.57. The van der Waals surface area contributed by atoms with Crippen LogP contribution in [0.4, 0.5) is 4.79 Å². The van der Waals surface area contributed by atoms with Crippen molar-refractivity contribution < 1.29 is 23.9 Å². The molecule has 5 rings (SSSR count). The maximum Gasteiger partial charge on any atom is 0.341 e. The van der Waals surface area contributed by atoms with Crippen LogP contribution >= 0.6 is 11.3 Å². The van der Waals surface area contributed by atoms with Crippen LogP contribution < -0.4 is 5.32 Å². The first-order valence-electron chi connectivity index (χ1n) is 12.7. The number of esters is 1. The average molecular weight is 510 g/mol. The van der Waals surface area contributed by atoms with Crippen LogP contribution in [0.2, 0.25) is 0 Å². The molecule has 2 fully saturated rings. The third-order valence-electron chi connectivity index (χ3n) is 7.43. The Labute approximate surface area is 214 Å². The molecular formula is C27H31N3O5S. The van der Waals surface area contributed by atoms with Crippen molar-refractivity contribution in [3.63, 3.8) is 0 Å². The van der Waals surface area contributed by atoms with Gasteiger partial charge in [0.15, 0.2) is 0 Å². The van der Waals surface area contributed by atoms with E-state index in [1.807, 2.05) is 24.5 Å². The van der Waals surface area contributed by atoms with Crippen LogP contribution in [0.5, 0.6) is 0 Å². The summed E-state index contributed by atoms with van der Waals surface area (Å²) in [4.78, 5) is 53.9. The van der Waals surface area contributed by atoms with Crippen LogP contribution in [0, 0.1) is 13.8 Å². The molecule has 2 aliphatic carbocycles. The summed E-state index contributed by atoms with van der Waals surface area (Å²) in [6.45, 7) is 5.97. The van der Waals surface area contributed by atoms with Crippen molar-refractivity contribution in [2.45, 2.75) is 78.2 Å². The zero-order chi connectivity index (χ0) is 25.6. The van der Waals surface area contributed by atoms with Crippen molar-refractivity contribution in [1.29, 1.82) is 0 Å². The van der Waals surface area contributed by atoms with E-state index in [9.17, 15) is 19.2 Å². The molecule has 1 saturated heterocycles. The number of ether oxygens (including phenoxy) is 1. The molecule has 0 atom stereocenters. The minimum absolute atomic E-state index is 0.0437. The zero-order valence-electron chi connectivity index (χ0n) is 20.9. The second kappa shape index (κ2) is 9.69. The van der Waals surface area contributed by atoms with E-state index in [4.69, 9.17) is 4.74 Å². The maximum absolute atomic E-state index is 13.3. The standard InChI is InChI=1S/C27H31N3O5S/c1-4-35-26(33)22-19-11-7-8-12-21(19)36-25(22)29-15(2)13-17(16(29)3)14-20-23(31)28-27(34)30(24(20)32)18-9-5-6-10-18/h13-14,18H,4-12H2,1-3H3,(H,28,31,34)/b20-14-. The predicted molar refractivity (Wildman–Crippen MR) is 136 cm³/mol. The number of urea groups is 1. The van der Waals surface area contributed by atoms with Crippen molar-refractivity contribution in [2.24, 2.45) is 0 Å². The number of carbonyl (C=O) groups is 4. The number of aromatic nitrogens is 1. The number of carbonyl (C=O) groups excluding carboxylic acids is 4. The van der Waals surface area contributed by atoms with Gasteiger partial charge in [0.05, 0.1) is 12.2 Å². The minimum atomic E-state index is -0.678. The Bertz CT molecular complexity index is 1290. The molecule has 0 unspecified atom stereocenters. The van der Waals surface area contributed by atoms with Gasteiger partial charge in [0.25, 0.3) is 11.8 Å². The van der Waals surface area contributed by atoms with E-state index in [0.29, 0.717) is 17.7 Å². The van der Waals surface area contributed by atoms with Crippen LogP contribution in [0.1, 0.15) is 83.2 Å². The lowest BCUT2D eigenvalue weighted by Gasteiger charge is -2.31. The number of amides is 4. The van der Waals surface area contributed by atoms with Crippen LogP contribution in [-0.4, -0.2) is 45.9 Å². The van der Waals surface area contributed by atoms with Gasteiger partial charge in [-0.25, -0.2) is 9.59 Å². The van der Waals surface area contributed by atoms with Gasteiger partial charge in [-0.2, -0.15) is 0 Å². The van der Waals surface area contributed by atoms with Gasteiger partial charge in [0.2, 0.25) is 0 Å². The number of imide groups is 2. The first-order chi connectivity index (χ1) is 17.3. The van der Waals surface area contributed by atoms with Crippen LogP contribution in [0.3, 0.4) is 0 Å². The van der Waals surface area contributed by atoms with Crippen molar-refractivity contribution in [1.82, 2.24) is 14.8 Å². The minimum Gasteiger partial charge on any atom is -0.462 e. The lowest BCUT2D eigenvalue weighted by molar-refractivity contribution is -0.131. The van der Waals surface area contributed by atoms with Crippen LogP contribution in [0.25, 0.3) is 11.1 Å². The van der Waals surface area contributed by atoms with Gasteiger partial charge in [0.1, 0.15) is 10.6 Å². The average Bonchev–Trinajstić information content (AvgIpc) is 3.55. The number of fused-ring (bicyclic) bond motifs is 1. The second-order valence-corrected chi connectivity index (χ2v) is 10.8. The van der Waals surface area contributed by atoms with E-state index < -0.39 is 17.8 Å². The van der Waals surface area contributed by atoms with Crippen molar-refractivity contribution in [2.75, 3.05) is 6.61 Å². The molecule has 190 valence electrons. The summed E-state index contributed by atoms with van der Waals surface area (Å²) < 4.78 is 7.45. The number of hydrogen-bond acceptors (Lipinski definition) is 6. The van der Waals surface area contributed by atoms with E-state index in [-0.39, 0.29) is 17.6 Å². The molecule has 0 spiro atoms. The summed E-state index contributed by atoms with van der Waals surface area (Å²) in [5.74, 6) is -1.53. The normalized spacial score (nSPS) is 19.7. The third-order valence-corrected chi connectivity index (χ3v) is 8.71. The van der Waals surface area contributed by atoms with Crippen molar-refractivity contribution >= 4 is 41.2 Å². The number of thiophene rings is 1. The highest BCUT2D eigenvalue weighted by Crippen LogP contribution is 2.39. The first kappa shape index (κ1) is 24.5. The number of barbiturate groups is 1. The Kier molecular flexibility index (Phi) is 6.59. The molecule has 4 amide bonds. The molecule has 1 saturated carbocycles. The molecule has 36 heavy (non-hydrogen) atoms. The molecule has 0 bridgehead atoms. The van der Waals surface area contributed by atoms with E-state index in [0.717, 1.165) is 73.3 Å². The van der Waals surface area contributed by atoms with Gasteiger partial charge in [-0.05, 0) is 82.6 Å². The Hall–Kier alpha value is -3.20. The molecule has 0 aromatic carbocycles. The number of nitrogens with zero attached hydrogens (tertiary/aromatic N) is 2. The topological polar surface area (TPSA) is 97.7 Å².